The van der Waals surface area contributed by atoms with Crippen LogP contribution in [0, 0.1) is 0 Å². The third kappa shape index (κ3) is 5.13. The molecular formula is C27H18Cl2F3N5O3. The van der Waals surface area contributed by atoms with Crippen molar-refractivity contribution < 1.29 is 18.0 Å². The zero-order chi connectivity index (χ0) is 28.8. The van der Waals surface area contributed by atoms with Crippen molar-refractivity contribution >= 4 is 40.4 Å². The third-order valence-corrected chi connectivity index (χ3v) is 6.63. The monoisotopic (exact) mass is 587 g/mol. The molecule has 13 heteroatoms. The minimum atomic E-state index is -4.53. The van der Waals surface area contributed by atoms with Crippen LogP contribution in [0.25, 0.3) is 27.9 Å². The first-order valence-corrected chi connectivity index (χ1v) is 12.4. The second-order valence-electron chi connectivity index (χ2n) is 8.79. The lowest BCUT2D eigenvalue weighted by atomic mass is 9.96. The molecule has 0 saturated carbocycles. The van der Waals surface area contributed by atoms with Gasteiger partial charge in [0.2, 0.25) is 5.91 Å². The lowest BCUT2D eigenvalue weighted by Gasteiger charge is -2.16. The predicted molar refractivity (Wildman–Crippen MR) is 146 cm³/mol. The van der Waals surface area contributed by atoms with E-state index in [-0.39, 0.29) is 16.9 Å². The molecule has 2 heterocycles. The summed E-state index contributed by atoms with van der Waals surface area (Å²) in [5.41, 5.74) is -0.584. The van der Waals surface area contributed by atoms with Gasteiger partial charge in [0.15, 0.2) is 5.65 Å². The molecule has 0 aliphatic carbocycles. The largest absolute Gasteiger partial charge is 0.416 e. The quantitative estimate of drug-likeness (QED) is 0.294. The highest BCUT2D eigenvalue weighted by atomic mass is 35.5. The zero-order valence-electron chi connectivity index (χ0n) is 20.5. The second-order valence-corrected chi connectivity index (χ2v) is 9.66. The summed E-state index contributed by atoms with van der Waals surface area (Å²) in [5, 5.41) is 7.71. The molecule has 5 aromatic rings. The Morgan fingerprint density at radius 2 is 1.38 bits per heavy atom. The van der Waals surface area contributed by atoms with Gasteiger partial charge in [0, 0.05) is 28.3 Å². The van der Waals surface area contributed by atoms with E-state index in [2.05, 4.69) is 10.4 Å². The van der Waals surface area contributed by atoms with Gasteiger partial charge in [0.1, 0.15) is 6.54 Å². The standard InChI is InChI=1S/C27H18Cl2F3N5O3/c1-35-26(40)37-24(34-35)22(15-2-8-18(28)9-3-15)23(16-4-10-19(29)11-5-16)25(39)36(37)14-21(38)33-20-12-6-17(7-13-20)27(30,31)32/h2-13H,14H2,1H3,(H,33,38). The molecule has 0 spiro atoms. The van der Waals surface area contributed by atoms with Crippen LogP contribution in [-0.4, -0.2) is 24.9 Å². The Kier molecular flexibility index (Phi) is 7.03. The number of carbonyl (C=O) groups is 1. The first kappa shape index (κ1) is 27.2. The van der Waals surface area contributed by atoms with Gasteiger partial charge in [0.05, 0.1) is 11.1 Å². The first-order chi connectivity index (χ1) is 18.9. The normalized spacial score (nSPS) is 11.7. The summed E-state index contributed by atoms with van der Waals surface area (Å²) in [7, 11) is 1.40. The predicted octanol–water partition coefficient (Wildman–Crippen LogP) is 5.49. The Bertz CT molecular complexity index is 1860. The van der Waals surface area contributed by atoms with Crippen molar-refractivity contribution in [2.45, 2.75) is 12.7 Å². The first-order valence-electron chi connectivity index (χ1n) is 11.7. The molecule has 204 valence electrons. The van der Waals surface area contributed by atoms with Crippen LogP contribution in [-0.2, 0) is 24.6 Å². The van der Waals surface area contributed by atoms with Gasteiger partial charge in [-0.15, -0.1) is 5.10 Å². The molecule has 40 heavy (non-hydrogen) atoms. The average molecular weight is 588 g/mol. The van der Waals surface area contributed by atoms with Gasteiger partial charge in [-0.05, 0) is 59.7 Å². The number of anilines is 1. The average Bonchev–Trinajstić information content (AvgIpc) is 3.20. The second kappa shape index (κ2) is 10.3. The SMILES string of the molecule is Cn1nc2c(-c3ccc(Cl)cc3)c(-c3ccc(Cl)cc3)c(=O)n(CC(=O)Nc3ccc(C(F)(F)F)cc3)n2c1=O. The maximum absolute atomic E-state index is 14.0. The van der Waals surface area contributed by atoms with E-state index in [1.165, 1.54) is 7.05 Å². The van der Waals surface area contributed by atoms with Gasteiger partial charge in [0.25, 0.3) is 5.56 Å². The maximum Gasteiger partial charge on any atom is 0.416 e. The van der Waals surface area contributed by atoms with Crippen LogP contribution in [0.5, 0.6) is 0 Å². The molecule has 0 aliphatic heterocycles. The van der Waals surface area contributed by atoms with Gasteiger partial charge in [-0.3, -0.25) is 9.59 Å². The number of alkyl halides is 3. The fourth-order valence-corrected chi connectivity index (χ4v) is 4.51. The van der Waals surface area contributed by atoms with Crippen LogP contribution in [0.15, 0.2) is 82.4 Å². The number of nitrogens with zero attached hydrogens (tertiary/aromatic N) is 4. The third-order valence-electron chi connectivity index (χ3n) is 6.12. The minimum absolute atomic E-state index is 0.0801. The number of halogens is 5. The highest BCUT2D eigenvalue weighted by molar-refractivity contribution is 6.31. The van der Waals surface area contributed by atoms with Gasteiger partial charge < -0.3 is 5.32 Å². The Morgan fingerprint density at radius 3 is 1.90 bits per heavy atom. The number of aryl methyl sites for hydroxylation is 1. The number of benzene rings is 3. The molecule has 3 aromatic carbocycles. The van der Waals surface area contributed by atoms with Crippen LogP contribution in [0.4, 0.5) is 18.9 Å². The molecule has 0 fully saturated rings. The number of hydrogen-bond acceptors (Lipinski definition) is 4. The van der Waals surface area contributed by atoms with Crippen LogP contribution in [0.1, 0.15) is 5.56 Å². The van der Waals surface area contributed by atoms with E-state index in [1.807, 2.05) is 0 Å². The number of nitrogens with one attached hydrogen (secondary N) is 1. The van der Waals surface area contributed by atoms with E-state index >= 15 is 0 Å². The van der Waals surface area contributed by atoms with Crippen molar-refractivity contribution in [2.24, 2.45) is 7.05 Å². The molecular weight excluding hydrogens is 570 g/mol. The van der Waals surface area contributed by atoms with Gasteiger partial charge in [-0.25, -0.2) is 14.2 Å². The molecule has 2 aromatic heterocycles. The lowest BCUT2D eigenvalue weighted by Crippen LogP contribution is -2.37. The van der Waals surface area contributed by atoms with Crippen LogP contribution in [0.2, 0.25) is 10.0 Å². The van der Waals surface area contributed by atoms with Crippen molar-refractivity contribution in [3.8, 4) is 22.3 Å². The van der Waals surface area contributed by atoms with Crippen molar-refractivity contribution in [3.63, 3.8) is 0 Å². The summed E-state index contributed by atoms with van der Waals surface area (Å²) in [5.74, 6) is -0.750. The summed E-state index contributed by atoms with van der Waals surface area (Å²) in [6.07, 6.45) is -4.53. The Morgan fingerprint density at radius 1 is 0.850 bits per heavy atom. The number of amides is 1. The molecule has 0 bridgehead atoms. The van der Waals surface area contributed by atoms with Crippen molar-refractivity contribution in [3.05, 3.63) is 109 Å². The summed E-state index contributed by atoms with van der Waals surface area (Å²) in [6.45, 7) is -0.635. The molecule has 1 amide bonds. The summed E-state index contributed by atoms with van der Waals surface area (Å²) < 4.78 is 41.7. The minimum Gasteiger partial charge on any atom is -0.324 e. The fourth-order valence-electron chi connectivity index (χ4n) is 4.26. The molecule has 0 aliphatic rings. The summed E-state index contributed by atoms with van der Waals surface area (Å²) in [6, 6.07) is 16.9. The number of fused-ring (bicyclic) bond motifs is 1. The highest BCUT2D eigenvalue weighted by Crippen LogP contribution is 2.34. The van der Waals surface area contributed by atoms with E-state index in [0.717, 1.165) is 38.1 Å². The summed E-state index contributed by atoms with van der Waals surface area (Å²) in [4.78, 5) is 40.2. The molecule has 0 unspecified atom stereocenters. The van der Waals surface area contributed by atoms with Gasteiger partial charge in [-0.2, -0.15) is 17.7 Å². The van der Waals surface area contributed by atoms with Crippen molar-refractivity contribution in [1.29, 1.82) is 0 Å². The molecule has 0 radical (unpaired) electrons. The van der Waals surface area contributed by atoms with Crippen LogP contribution in [0.3, 0.4) is 0 Å². The molecule has 0 saturated heterocycles. The molecule has 1 N–H and O–H groups in total. The number of rotatable bonds is 5. The van der Waals surface area contributed by atoms with E-state index in [1.54, 1.807) is 48.5 Å². The van der Waals surface area contributed by atoms with Crippen molar-refractivity contribution in [1.82, 2.24) is 19.0 Å². The maximum atomic E-state index is 14.0. The topological polar surface area (TPSA) is 90.4 Å². The highest BCUT2D eigenvalue weighted by Gasteiger charge is 2.30. The lowest BCUT2D eigenvalue weighted by molar-refractivity contribution is -0.137. The Labute approximate surface area is 233 Å². The molecule has 0 atom stereocenters. The van der Waals surface area contributed by atoms with E-state index in [9.17, 15) is 27.6 Å². The van der Waals surface area contributed by atoms with Crippen molar-refractivity contribution in [2.75, 3.05) is 5.32 Å². The fraction of sp³-hybridized carbons (Fsp3) is 0.111. The van der Waals surface area contributed by atoms with E-state index in [4.69, 9.17) is 23.2 Å². The van der Waals surface area contributed by atoms with E-state index < -0.39 is 35.4 Å². The van der Waals surface area contributed by atoms with Crippen LogP contribution >= 0.6 is 23.2 Å². The Balaban J connectivity index is 1.68. The van der Waals surface area contributed by atoms with Gasteiger partial charge >= 0.3 is 11.9 Å². The smallest absolute Gasteiger partial charge is 0.324 e. The van der Waals surface area contributed by atoms with Gasteiger partial charge in [-0.1, -0.05) is 47.5 Å². The van der Waals surface area contributed by atoms with E-state index in [0.29, 0.717) is 26.7 Å². The van der Waals surface area contributed by atoms with Crippen LogP contribution < -0.4 is 16.6 Å². The number of carbonyl (C=O) groups excluding carboxylic acids is 1. The zero-order valence-corrected chi connectivity index (χ0v) is 22.1. The number of hydrogen-bond donors (Lipinski definition) is 1. The molecule has 5 rings (SSSR count). The Hall–Kier alpha value is -4.35. The molecule has 8 nitrogen and oxygen atoms in total. The number of aromatic nitrogens is 4. The summed E-state index contributed by atoms with van der Waals surface area (Å²) >= 11 is 12.1.